The molecule has 0 aliphatic heterocycles. The zero-order chi connectivity index (χ0) is 35.1. The Morgan fingerprint density at radius 1 is 0.875 bits per heavy atom. The average molecular weight is 700 g/mol. The summed E-state index contributed by atoms with van der Waals surface area (Å²) in [6, 6.07) is 24.8. The minimum Gasteiger partial charge on any atom is -0.352 e. The molecule has 2 atom stereocenters. The van der Waals surface area contributed by atoms with Crippen LogP contribution in [0.2, 0.25) is 5.02 Å². The number of rotatable bonds is 13. The number of aryl methyl sites for hydroxylation is 1. The van der Waals surface area contributed by atoms with Gasteiger partial charge in [0.05, 0.1) is 21.2 Å². The fourth-order valence-electron chi connectivity index (χ4n) is 5.14. The third-order valence-electron chi connectivity index (χ3n) is 7.86. The number of carbonyl (C=O) groups excluding carboxylic acids is 2. The van der Waals surface area contributed by atoms with Gasteiger partial charge in [0.1, 0.15) is 12.6 Å². The van der Waals surface area contributed by atoms with Gasteiger partial charge in [-0.05, 0) is 61.7 Å². The smallest absolute Gasteiger partial charge is 0.352 e. The highest BCUT2D eigenvalue weighted by Crippen LogP contribution is 2.38. The topological polar surface area (TPSA) is 86.8 Å². The van der Waals surface area contributed by atoms with E-state index < -0.39 is 56.9 Å². The van der Waals surface area contributed by atoms with Crippen LogP contribution in [0.25, 0.3) is 0 Å². The normalized spacial score (nSPS) is 13.0. The van der Waals surface area contributed by atoms with Crippen molar-refractivity contribution in [2.75, 3.05) is 10.8 Å². The number of hydrogen-bond acceptors (Lipinski definition) is 4. The fourth-order valence-corrected chi connectivity index (χ4v) is 6.79. The Morgan fingerprint density at radius 3 is 2.10 bits per heavy atom. The van der Waals surface area contributed by atoms with E-state index in [9.17, 15) is 31.2 Å². The molecule has 0 bridgehead atoms. The number of carbonyl (C=O) groups is 2. The van der Waals surface area contributed by atoms with Crippen molar-refractivity contribution in [2.24, 2.45) is 0 Å². The van der Waals surface area contributed by atoms with Crippen molar-refractivity contribution in [3.05, 3.63) is 130 Å². The summed E-state index contributed by atoms with van der Waals surface area (Å²) < 4.78 is 70.6. The van der Waals surface area contributed by atoms with E-state index >= 15 is 0 Å². The van der Waals surface area contributed by atoms with Crippen molar-refractivity contribution in [1.82, 2.24) is 10.2 Å². The van der Waals surface area contributed by atoms with Crippen LogP contribution in [0.5, 0.6) is 0 Å². The highest BCUT2D eigenvalue weighted by Gasteiger charge is 2.37. The van der Waals surface area contributed by atoms with Crippen LogP contribution in [0.1, 0.15) is 42.5 Å². The van der Waals surface area contributed by atoms with Crippen LogP contribution in [-0.2, 0) is 38.8 Å². The van der Waals surface area contributed by atoms with Crippen LogP contribution in [0, 0.1) is 6.92 Å². The Hall–Kier alpha value is -4.35. The van der Waals surface area contributed by atoms with Gasteiger partial charge >= 0.3 is 6.18 Å². The molecule has 4 aromatic rings. The van der Waals surface area contributed by atoms with Crippen molar-refractivity contribution in [1.29, 1.82) is 0 Å². The molecule has 4 rings (SSSR count). The van der Waals surface area contributed by atoms with Crippen LogP contribution in [-0.4, -0.2) is 43.8 Å². The predicted molar refractivity (Wildman–Crippen MR) is 181 cm³/mol. The Morgan fingerprint density at radius 2 is 1.50 bits per heavy atom. The molecule has 12 heteroatoms. The molecule has 0 unspecified atom stereocenters. The Balaban J connectivity index is 1.86. The van der Waals surface area contributed by atoms with E-state index in [1.807, 2.05) is 51.1 Å². The van der Waals surface area contributed by atoms with Crippen LogP contribution >= 0.6 is 11.6 Å². The van der Waals surface area contributed by atoms with Crippen molar-refractivity contribution in [3.8, 4) is 0 Å². The molecule has 4 aromatic carbocycles. The van der Waals surface area contributed by atoms with E-state index in [0.29, 0.717) is 22.4 Å². The maximum Gasteiger partial charge on any atom is 0.417 e. The number of alkyl halides is 3. The summed E-state index contributed by atoms with van der Waals surface area (Å²) in [5.74, 6) is -1.24. The molecule has 7 nitrogen and oxygen atoms in total. The molecule has 48 heavy (non-hydrogen) atoms. The molecule has 0 spiro atoms. The molecule has 0 heterocycles. The second-order valence-corrected chi connectivity index (χ2v) is 13.8. The van der Waals surface area contributed by atoms with Gasteiger partial charge in [0, 0.05) is 19.0 Å². The third kappa shape index (κ3) is 9.17. The van der Waals surface area contributed by atoms with E-state index in [0.717, 1.165) is 23.3 Å². The summed E-state index contributed by atoms with van der Waals surface area (Å²) >= 11 is 5.88. The largest absolute Gasteiger partial charge is 0.417 e. The van der Waals surface area contributed by atoms with Gasteiger partial charge in [0.2, 0.25) is 11.8 Å². The fraction of sp³-hybridized carbons (Fsp3) is 0.278. The summed E-state index contributed by atoms with van der Waals surface area (Å²) in [5.41, 5.74) is 0.667. The van der Waals surface area contributed by atoms with Gasteiger partial charge in [0.25, 0.3) is 10.0 Å². The minimum atomic E-state index is -4.90. The number of halogens is 4. The van der Waals surface area contributed by atoms with Crippen LogP contribution in [0.15, 0.2) is 108 Å². The van der Waals surface area contributed by atoms with Crippen molar-refractivity contribution in [3.63, 3.8) is 0 Å². The van der Waals surface area contributed by atoms with Gasteiger partial charge in [-0.15, -0.1) is 0 Å². The zero-order valence-corrected chi connectivity index (χ0v) is 28.3. The Bertz CT molecular complexity index is 1820. The Labute approximate surface area is 284 Å². The first kappa shape index (κ1) is 36.5. The molecule has 1 N–H and O–H groups in total. The summed E-state index contributed by atoms with van der Waals surface area (Å²) in [4.78, 5) is 29.5. The predicted octanol–water partition coefficient (Wildman–Crippen LogP) is 7.42. The molecule has 0 aliphatic carbocycles. The van der Waals surface area contributed by atoms with Gasteiger partial charge in [-0.25, -0.2) is 8.42 Å². The number of sulfonamides is 1. The van der Waals surface area contributed by atoms with Gasteiger partial charge in [-0.1, -0.05) is 96.9 Å². The lowest BCUT2D eigenvalue weighted by Crippen LogP contribution is -2.54. The molecule has 0 aromatic heterocycles. The van der Waals surface area contributed by atoms with E-state index in [4.69, 9.17) is 11.6 Å². The second-order valence-electron chi connectivity index (χ2n) is 11.5. The first-order valence-corrected chi connectivity index (χ1v) is 17.2. The maximum atomic E-state index is 14.5. The van der Waals surface area contributed by atoms with Crippen LogP contribution < -0.4 is 9.62 Å². The first-order valence-electron chi connectivity index (χ1n) is 15.3. The number of nitrogens with zero attached hydrogens (tertiary/aromatic N) is 2. The SMILES string of the molecule is CC[C@@H](C)NC(=O)[C@H](Cc1ccccc1)N(Cc1cccc(C)c1)C(=O)CN(c1ccc(Cl)c(C(F)(F)F)c1)S(=O)(=O)c1ccccc1. The van der Waals surface area contributed by atoms with E-state index in [-0.39, 0.29) is 23.9 Å². The average Bonchev–Trinajstić information content (AvgIpc) is 3.05. The summed E-state index contributed by atoms with van der Waals surface area (Å²) in [6.45, 7) is 4.64. The standard InChI is InChI=1S/C36H37ClF3N3O4S/c1-4-26(3)41-35(45)33(21-27-13-7-5-8-14-27)42(23-28-15-11-12-25(2)20-28)34(44)24-43(48(46,47)30-16-9-6-10-17-30)29-18-19-32(37)31(22-29)36(38,39)40/h5-20,22,26,33H,4,21,23-24H2,1-3H3,(H,41,45)/t26-,33+/m1/s1. The van der Waals surface area contributed by atoms with Gasteiger partial charge in [0.15, 0.2) is 0 Å². The molecule has 254 valence electrons. The third-order valence-corrected chi connectivity index (χ3v) is 9.98. The van der Waals surface area contributed by atoms with Crippen LogP contribution in [0.3, 0.4) is 0 Å². The van der Waals surface area contributed by atoms with Gasteiger partial charge < -0.3 is 10.2 Å². The Kier molecular flexibility index (Phi) is 11.9. The monoisotopic (exact) mass is 699 g/mol. The lowest BCUT2D eigenvalue weighted by atomic mass is 10.0. The molecule has 2 amide bonds. The summed E-state index contributed by atoms with van der Waals surface area (Å²) in [7, 11) is -4.59. The van der Waals surface area contributed by atoms with Gasteiger partial charge in [-0.3, -0.25) is 13.9 Å². The van der Waals surface area contributed by atoms with E-state index in [1.165, 1.54) is 29.2 Å². The van der Waals surface area contributed by atoms with E-state index in [1.54, 1.807) is 30.3 Å². The quantitative estimate of drug-likeness (QED) is 0.157. The molecule has 0 saturated heterocycles. The first-order chi connectivity index (χ1) is 22.7. The molecule has 0 saturated carbocycles. The zero-order valence-electron chi connectivity index (χ0n) is 26.7. The minimum absolute atomic E-state index is 0.0699. The molecular formula is C36H37ClF3N3O4S. The number of benzene rings is 4. The van der Waals surface area contributed by atoms with Crippen molar-refractivity contribution >= 4 is 39.1 Å². The number of anilines is 1. The summed E-state index contributed by atoms with van der Waals surface area (Å²) in [5, 5.41) is 2.32. The number of nitrogens with one attached hydrogen (secondary N) is 1. The number of hydrogen-bond donors (Lipinski definition) is 1. The molecular weight excluding hydrogens is 663 g/mol. The molecule has 0 aliphatic rings. The van der Waals surface area contributed by atoms with Crippen molar-refractivity contribution < 1.29 is 31.2 Å². The van der Waals surface area contributed by atoms with Gasteiger partial charge in [-0.2, -0.15) is 13.2 Å². The number of amides is 2. The maximum absolute atomic E-state index is 14.5. The van der Waals surface area contributed by atoms with E-state index in [2.05, 4.69) is 5.32 Å². The highest BCUT2D eigenvalue weighted by atomic mass is 35.5. The van der Waals surface area contributed by atoms with Crippen molar-refractivity contribution in [2.45, 2.75) is 63.3 Å². The highest BCUT2D eigenvalue weighted by molar-refractivity contribution is 7.92. The lowest BCUT2D eigenvalue weighted by molar-refractivity contribution is -0.140. The molecule has 0 fully saturated rings. The molecule has 0 radical (unpaired) electrons. The van der Waals surface area contributed by atoms with Crippen LogP contribution in [0.4, 0.5) is 18.9 Å². The summed E-state index contributed by atoms with van der Waals surface area (Å²) in [6.07, 6.45) is -4.17. The lowest BCUT2D eigenvalue weighted by Gasteiger charge is -2.34. The second kappa shape index (κ2) is 15.7.